The number of hydrogen-bond acceptors (Lipinski definition) is 4. The lowest BCUT2D eigenvalue weighted by atomic mass is 10.2. The van der Waals surface area contributed by atoms with Gasteiger partial charge >= 0.3 is 0 Å². The first-order chi connectivity index (χ1) is 8.28. The van der Waals surface area contributed by atoms with Gasteiger partial charge < -0.3 is 9.47 Å². The van der Waals surface area contributed by atoms with E-state index < -0.39 is 0 Å². The minimum Gasteiger partial charge on any atom is -0.493 e. The molecule has 0 radical (unpaired) electrons. The third kappa shape index (κ3) is 3.75. The normalized spacial score (nSPS) is 10.6. The lowest BCUT2D eigenvalue weighted by molar-refractivity contribution is 0.352. The molecule has 0 aliphatic heterocycles. The van der Waals surface area contributed by atoms with Gasteiger partial charge in [0.05, 0.1) is 18.8 Å². The lowest BCUT2D eigenvalue weighted by Crippen LogP contribution is -1.98. The van der Waals surface area contributed by atoms with Crippen LogP contribution in [0.25, 0.3) is 0 Å². The van der Waals surface area contributed by atoms with Gasteiger partial charge in [0.25, 0.3) is 0 Å². The van der Waals surface area contributed by atoms with Crippen molar-refractivity contribution in [2.24, 2.45) is 0 Å². The molecular weight excluding hydrogens is 252 g/mol. The first-order valence-corrected chi connectivity index (χ1v) is 7.82. The monoisotopic (exact) mass is 272 g/mol. The molecule has 0 aliphatic rings. The van der Waals surface area contributed by atoms with Gasteiger partial charge in [0.1, 0.15) is 0 Å². The molecule has 96 valence electrons. The molecule has 1 aromatic rings. The van der Waals surface area contributed by atoms with Gasteiger partial charge in [-0.15, -0.1) is 23.5 Å². The zero-order chi connectivity index (χ0) is 12.7. The quantitative estimate of drug-likeness (QED) is 0.692. The van der Waals surface area contributed by atoms with Crippen molar-refractivity contribution in [2.75, 3.05) is 25.7 Å². The molecule has 0 atom stereocenters. The summed E-state index contributed by atoms with van der Waals surface area (Å²) in [6, 6.07) is 6.08. The van der Waals surface area contributed by atoms with Crippen LogP contribution in [0.15, 0.2) is 18.2 Å². The maximum Gasteiger partial charge on any atom is 0.165 e. The maximum atomic E-state index is 5.49. The van der Waals surface area contributed by atoms with Crippen LogP contribution in [0.2, 0.25) is 0 Å². The molecule has 0 heterocycles. The van der Waals surface area contributed by atoms with Crippen molar-refractivity contribution in [3.8, 4) is 11.5 Å². The Morgan fingerprint density at radius 2 is 1.71 bits per heavy atom. The summed E-state index contributed by atoms with van der Waals surface area (Å²) in [4.78, 5) is 0. The number of thioether (sulfide) groups is 2. The molecule has 0 saturated heterocycles. The van der Waals surface area contributed by atoms with E-state index >= 15 is 0 Å². The summed E-state index contributed by atoms with van der Waals surface area (Å²) < 4.78 is 11.2. The molecule has 1 aromatic carbocycles. The van der Waals surface area contributed by atoms with Gasteiger partial charge in [0, 0.05) is 5.56 Å². The second-order valence-electron chi connectivity index (χ2n) is 3.33. The van der Waals surface area contributed by atoms with Crippen molar-refractivity contribution >= 4 is 23.5 Å². The third-order valence-corrected chi connectivity index (χ3v) is 4.92. The second-order valence-corrected chi connectivity index (χ2v) is 6.39. The largest absolute Gasteiger partial charge is 0.493 e. The minimum atomic E-state index is 0.412. The highest BCUT2D eigenvalue weighted by Gasteiger charge is 2.18. The van der Waals surface area contributed by atoms with Crippen molar-refractivity contribution in [1.29, 1.82) is 0 Å². The van der Waals surface area contributed by atoms with Crippen LogP contribution in [0.5, 0.6) is 11.5 Å². The fourth-order valence-electron chi connectivity index (χ4n) is 1.63. The Bertz CT molecular complexity index is 336. The molecule has 4 heteroatoms. The molecule has 0 fully saturated rings. The topological polar surface area (TPSA) is 18.5 Å². The van der Waals surface area contributed by atoms with Crippen LogP contribution in [0.3, 0.4) is 0 Å². The van der Waals surface area contributed by atoms with E-state index in [0.29, 0.717) is 4.58 Å². The molecule has 17 heavy (non-hydrogen) atoms. The van der Waals surface area contributed by atoms with Crippen molar-refractivity contribution in [1.82, 2.24) is 0 Å². The zero-order valence-electron chi connectivity index (χ0n) is 10.9. The Morgan fingerprint density at radius 1 is 1.06 bits per heavy atom. The number of ether oxygens (including phenoxy) is 2. The van der Waals surface area contributed by atoms with Crippen molar-refractivity contribution in [3.05, 3.63) is 23.8 Å². The smallest absolute Gasteiger partial charge is 0.165 e. The van der Waals surface area contributed by atoms with E-state index in [1.54, 1.807) is 14.2 Å². The van der Waals surface area contributed by atoms with Gasteiger partial charge in [-0.1, -0.05) is 26.0 Å². The highest BCUT2D eigenvalue weighted by Crippen LogP contribution is 2.46. The fraction of sp³-hybridized carbons (Fsp3) is 0.538. The van der Waals surface area contributed by atoms with E-state index in [0.717, 1.165) is 23.0 Å². The average molecular weight is 272 g/mol. The summed E-state index contributed by atoms with van der Waals surface area (Å²) in [5.74, 6) is 3.86. The molecule has 0 N–H and O–H groups in total. The minimum absolute atomic E-state index is 0.412. The van der Waals surface area contributed by atoms with E-state index in [1.165, 1.54) is 5.56 Å². The SMILES string of the molecule is CCSC(SCC)c1cccc(OC)c1OC. The van der Waals surface area contributed by atoms with Crippen LogP contribution in [0.4, 0.5) is 0 Å². The fourth-order valence-corrected chi connectivity index (χ4v) is 4.17. The van der Waals surface area contributed by atoms with Crippen LogP contribution in [-0.2, 0) is 0 Å². The zero-order valence-corrected chi connectivity index (χ0v) is 12.5. The van der Waals surface area contributed by atoms with Crippen LogP contribution in [0, 0.1) is 0 Å². The predicted octanol–water partition coefficient (Wildman–Crippen LogP) is 4.21. The number of benzene rings is 1. The summed E-state index contributed by atoms with van der Waals surface area (Å²) >= 11 is 3.86. The number of methoxy groups -OCH3 is 2. The van der Waals surface area contributed by atoms with Crippen LogP contribution >= 0.6 is 23.5 Å². The molecule has 0 saturated carbocycles. The summed E-state index contributed by atoms with van der Waals surface area (Å²) in [6.45, 7) is 4.36. The Labute approximate surface area is 112 Å². The lowest BCUT2D eigenvalue weighted by Gasteiger charge is -2.19. The van der Waals surface area contributed by atoms with Crippen LogP contribution < -0.4 is 9.47 Å². The highest BCUT2D eigenvalue weighted by molar-refractivity contribution is 8.16. The van der Waals surface area contributed by atoms with Gasteiger partial charge in [0.2, 0.25) is 0 Å². The Morgan fingerprint density at radius 3 is 2.18 bits per heavy atom. The summed E-state index contributed by atoms with van der Waals surface area (Å²) in [6.07, 6.45) is 0. The van der Waals surface area contributed by atoms with E-state index in [1.807, 2.05) is 35.7 Å². The molecule has 0 aromatic heterocycles. The molecule has 0 spiro atoms. The Hall–Kier alpha value is -0.480. The van der Waals surface area contributed by atoms with Crippen molar-refractivity contribution < 1.29 is 9.47 Å². The Kier molecular flexibility index (Phi) is 6.66. The molecule has 0 amide bonds. The number of hydrogen-bond donors (Lipinski definition) is 0. The van der Waals surface area contributed by atoms with E-state index in [9.17, 15) is 0 Å². The van der Waals surface area contributed by atoms with Crippen LogP contribution in [0.1, 0.15) is 24.0 Å². The standard InChI is InChI=1S/C13H20O2S2/c1-5-16-13(17-6-2)10-8-7-9-11(14-3)12(10)15-4/h7-9,13H,5-6H2,1-4H3. The molecule has 0 bridgehead atoms. The molecule has 1 rings (SSSR count). The second kappa shape index (κ2) is 7.77. The number of rotatable bonds is 7. The predicted molar refractivity (Wildman–Crippen MR) is 78.6 cm³/mol. The van der Waals surface area contributed by atoms with Gasteiger partial charge in [-0.05, 0) is 17.6 Å². The summed E-state index contributed by atoms with van der Waals surface area (Å²) in [7, 11) is 3.38. The molecule has 2 nitrogen and oxygen atoms in total. The molecular formula is C13H20O2S2. The van der Waals surface area contributed by atoms with Crippen molar-refractivity contribution in [2.45, 2.75) is 18.4 Å². The van der Waals surface area contributed by atoms with Gasteiger partial charge in [-0.2, -0.15) is 0 Å². The molecule has 0 unspecified atom stereocenters. The van der Waals surface area contributed by atoms with Gasteiger partial charge in [-0.3, -0.25) is 0 Å². The first-order valence-electron chi connectivity index (χ1n) is 5.72. The highest BCUT2D eigenvalue weighted by atomic mass is 32.2. The van der Waals surface area contributed by atoms with Gasteiger partial charge in [-0.25, -0.2) is 0 Å². The average Bonchev–Trinajstić information content (AvgIpc) is 2.37. The Balaban J connectivity index is 3.07. The van der Waals surface area contributed by atoms with Gasteiger partial charge in [0.15, 0.2) is 11.5 Å². The number of para-hydroxylation sites is 1. The molecule has 0 aliphatic carbocycles. The first kappa shape index (κ1) is 14.6. The van der Waals surface area contributed by atoms with Crippen LogP contribution in [-0.4, -0.2) is 25.7 Å². The summed E-state index contributed by atoms with van der Waals surface area (Å²) in [5.41, 5.74) is 1.21. The van der Waals surface area contributed by atoms with E-state index in [4.69, 9.17) is 9.47 Å². The maximum absolute atomic E-state index is 5.49. The van der Waals surface area contributed by atoms with E-state index in [2.05, 4.69) is 19.9 Å². The summed E-state index contributed by atoms with van der Waals surface area (Å²) in [5, 5.41) is 0. The van der Waals surface area contributed by atoms with Crippen molar-refractivity contribution in [3.63, 3.8) is 0 Å². The van der Waals surface area contributed by atoms with E-state index in [-0.39, 0.29) is 0 Å². The third-order valence-electron chi connectivity index (χ3n) is 2.32.